The van der Waals surface area contributed by atoms with Crippen LogP contribution in [0.15, 0.2) is 115 Å². The van der Waals surface area contributed by atoms with Crippen molar-refractivity contribution in [3.05, 3.63) is 132 Å². The van der Waals surface area contributed by atoms with Crippen LogP contribution in [0.4, 0.5) is 23.7 Å². The summed E-state index contributed by atoms with van der Waals surface area (Å²) < 4.78 is 45.9. The number of carbonyl (C=O) groups is 2. The highest BCUT2D eigenvalue weighted by Gasteiger charge is 2.30. The number of aromatic nitrogens is 1. The van der Waals surface area contributed by atoms with Crippen molar-refractivity contribution in [1.82, 2.24) is 9.88 Å². The minimum Gasteiger partial charge on any atom is -0.393 e. The summed E-state index contributed by atoms with van der Waals surface area (Å²) in [6, 6.07) is 31.0. The molecular formula is C34H28F3N3O3. The van der Waals surface area contributed by atoms with Crippen molar-refractivity contribution >= 4 is 17.7 Å². The van der Waals surface area contributed by atoms with E-state index in [1.807, 2.05) is 42.5 Å². The molecule has 0 fully saturated rings. The average molecular weight is 584 g/mol. The van der Waals surface area contributed by atoms with Crippen LogP contribution in [-0.4, -0.2) is 23.1 Å². The van der Waals surface area contributed by atoms with Crippen molar-refractivity contribution in [2.45, 2.75) is 12.6 Å². The Kier molecular flexibility index (Phi) is 8.61. The van der Waals surface area contributed by atoms with Crippen molar-refractivity contribution in [3.8, 4) is 28.1 Å². The number of carbonyl (C=O) groups excluding carboxylic acids is 2. The van der Waals surface area contributed by atoms with Crippen LogP contribution in [-0.2, 0) is 19.6 Å². The molecule has 1 aromatic heterocycles. The number of aryl methyl sites for hydroxylation is 1. The number of rotatable bonds is 8. The molecule has 218 valence electrons. The van der Waals surface area contributed by atoms with Crippen LogP contribution < -0.4 is 15.4 Å². The number of hydrogen-bond acceptors (Lipinski definition) is 3. The Balaban J connectivity index is 1.16. The van der Waals surface area contributed by atoms with Gasteiger partial charge in [-0.3, -0.25) is 4.79 Å². The van der Waals surface area contributed by atoms with E-state index in [2.05, 4.69) is 22.8 Å². The van der Waals surface area contributed by atoms with Crippen molar-refractivity contribution in [2.75, 3.05) is 11.9 Å². The van der Waals surface area contributed by atoms with Crippen LogP contribution in [0.5, 0.6) is 5.88 Å². The van der Waals surface area contributed by atoms with Gasteiger partial charge in [-0.05, 0) is 52.4 Å². The van der Waals surface area contributed by atoms with Gasteiger partial charge in [-0.1, -0.05) is 84.9 Å². The SMILES string of the molecule is Cn1cc(NC(=O)c2ccccc2-c2ccc(C(F)(F)F)cc2)cc1OC(=O)NCCc1ccc(-c2ccccc2)cc1. The molecule has 0 saturated carbocycles. The molecule has 43 heavy (non-hydrogen) atoms. The van der Waals surface area contributed by atoms with Gasteiger partial charge >= 0.3 is 12.3 Å². The van der Waals surface area contributed by atoms with E-state index in [9.17, 15) is 22.8 Å². The molecule has 0 bridgehead atoms. The van der Waals surface area contributed by atoms with Gasteiger partial charge in [-0.2, -0.15) is 13.2 Å². The monoisotopic (exact) mass is 583 g/mol. The van der Waals surface area contributed by atoms with Gasteiger partial charge in [0.15, 0.2) is 0 Å². The largest absolute Gasteiger partial charge is 0.416 e. The lowest BCUT2D eigenvalue weighted by atomic mass is 9.98. The van der Waals surface area contributed by atoms with Crippen LogP contribution in [0.3, 0.4) is 0 Å². The predicted molar refractivity (Wildman–Crippen MR) is 160 cm³/mol. The highest BCUT2D eigenvalue weighted by Crippen LogP contribution is 2.32. The molecule has 0 aliphatic rings. The third-order valence-corrected chi connectivity index (χ3v) is 6.85. The Morgan fingerprint density at radius 2 is 1.42 bits per heavy atom. The highest BCUT2D eigenvalue weighted by molar-refractivity contribution is 6.08. The van der Waals surface area contributed by atoms with Gasteiger partial charge in [-0.15, -0.1) is 0 Å². The molecule has 6 nitrogen and oxygen atoms in total. The number of halogens is 3. The molecule has 5 aromatic rings. The second-order valence-corrected chi connectivity index (χ2v) is 9.88. The summed E-state index contributed by atoms with van der Waals surface area (Å²) >= 11 is 0. The molecule has 0 aliphatic heterocycles. The fourth-order valence-electron chi connectivity index (χ4n) is 4.62. The zero-order valence-corrected chi connectivity index (χ0v) is 23.2. The standard InChI is InChI=1S/C34H28F3N3O3/c1-40-22-28(39-32(41)30-10-6-5-9-29(30)26-15-17-27(18-16-26)34(35,36)37)21-31(40)43-33(42)38-20-19-23-11-13-25(14-12-23)24-7-3-2-4-8-24/h2-18,21-22H,19-20H2,1H3,(H,38,42)(H,39,41). The van der Waals surface area contributed by atoms with E-state index >= 15 is 0 Å². The Morgan fingerprint density at radius 1 is 0.791 bits per heavy atom. The molecule has 0 aliphatic carbocycles. The summed E-state index contributed by atoms with van der Waals surface area (Å²) in [6.07, 6.45) is -2.87. The fraction of sp³-hybridized carbons (Fsp3) is 0.118. The number of alkyl halides is 3. The highest BCUT2D eigenvalue weighted by atomic mass is 19.4. The van der Waals surface area contributed by atoms with Gasteiger partial charge in [0.2, 0.25) is 5.88 Å². The normalized spacial score (nSPS) is 11.2. The van der Waals surface area contributed by atoms with Crippen molar-refractivity contribution in [2.24, 2.45) is 7.05 Å². The molecule has 2 N–H and O–H groups in total. The maximum atomic E-state index is 13.1. The first kappa shape index (κ1) is 29.2. The molecule has 0 atom stereocenters. The lowest BCUT2D eigenvalue weighted by Gasteiger charge is -2.11. The number of amides is 2. The molecule has 2 amide bonds. The second kappa shape index (κ2) is 12.7. The third-order valence-electron chi connectivity index (χ3n) is 6.85. The summed E-state index contributed by atoms with van der Waals surface area (Å²) in [7, 11) is 1.67. The molecular weight excluding hydrogens is 555 g/mol. The fourth-order valence-corrected chi connectivity index (χ4v) is 4.62. The molecule has 0 spiro atoms. The van der Waals surface area contributed by atoms with Gasteiger partial charge in [0.1, 0.15) is 0 Å². The maximum absolute atomic E-state index is 13.1. The summed E-state index contributed by atoms with van der Waals surface area (Å²) in [5.41, 5.74) is 4.18. The Morgan fingerprint density at radius 3 is 2.12 bits per heavy atom. The van der Waals surface area contributed by atoms with Crippen LogP contribution in [0, 0.1) is 0 Å². The van der Waals surface area contributed by atoms with Crippen LogP contribution >= 0.6 is 0 Å². The van der Waals surface area contributed by atoms with E-state index in [0.717, 1.165) is 28.8 Å². The van der Waals surface area contributed by atoms with Gasteiger partial charge in [0.05, 0.1) is 11.3 Å². The van der Waals surface area contributed by atoms with Gasteiger partial charge in [0, 0.05) is 31.4 Å². The zero-order chi connectivity index (χ0) is 30.4. The summed E-state index contributed by atoms with van der Waals surface area (Å²) in [5.74, 6) is -0.244. The van der Waals surface area contributed by atoms with Crippen molar-refractivity contribution < 1.29 is 27.5 Å². The average Bonchev–Trinajstić information content (AvgIpc) is 3.35. The van der Waals surface area contributed by atoms with Crippen LogP contribution in [0.2, 0.25) is 0 Å². The first-order valence-electron chi connectivity index (χ1n) is 13.5. The third kappa shape index (κ3) is 7.32. The molecule has 0 radical (unpaired) electrons. The van der Waals surface area contributed by atoms with E-state index in [4.69, 9.17) is 4.74 Å². The topological polar surface area (TPSA) is 72.4 Å². The van der Waals surface area contributed by atoms with E-state index < -0.39 is 23.7 Å². The quantitative estimate of drug-likeness (QED) is 0.195. The molecule has 5 rings (SSSR count). The minimum atomic E-state index is -4.45. The van der Waals surface area contributed by atoms with Gasteiger partial charge in [0.25, 0.3) is 5.91 Å². The van der Waals surface area contributed by atoms with Crippen LogP contribution in [0.25, 0.3) is 22.3 Å². The van der Waals surface area contributed by atoms with Crippen LogP contribution in [0.1, 0.15) is 21.5 Å². The molecule has 1 heterocycles. The second-order valence-electron chi connectivity index (χ2n) is 9.88. The summed E-state index contributed by atoms with van der Waals surface area (Å²) in [6.45, 7) is 0.373. The zero-order valence-electron chi connectivity index (χ0n) is 23.2. The van der Waals surface area contributed by atoms with E-state index in [1.165, 1.54) is 18.2 Å². The van der Waals surface area contributed by atoms with Gasteiger partial charge < -0.3 is 19.9 Å². The van der Waals surface area contributed by atoms with Crippen molar-refractivity contribution in [3.63, 3.8) is 0 Å². The summed E-state index contributed by atoms with van der Waals surface area (Å²) in [4.78, 5) is 25.6. The lowest BCUT2D eigenvalue weighted by molar-refractivity contribution is -0.137. The predicted octanol–water partition coefficient (Wildman–Crippen LogP) is 7.96. The Labute approximate surface area is 246 Å². The van der Waals surface area contributed by atoms with Gasteiger partial charge in [-0.25, -0.2) is 4.79 Å². The van der Waals surface area contributed by atoms with Crippen molar-refractivity contribution in [1.29, 1.82) is 0 Å². The number of hydrogen-bond donors (Lipinski definition) is 2. The number of ether oxygens (including phenoxy) is 1. The number of nitrogens with one attached hydrogen (secondary N) is 2. The van der Waals surface area contributed by atoms with E-state index in [1.54, 1.807) is 42.1 Å². The van der Waals surface area contributed by atoms with E-state index in [-0.39, 0.29) is 11.4 Å². The lowest BCUT2D eigenvalue weighted by Crippen LogP contribution is -2.29. The number of benzene rings is 4. The molecule has 9 heteroatoms. The first-order chi connectivity index (χ1) is 20.7. The first-order valence-corrected chi connectivity index (χ1v) is 13.5. The minimum absolute atomic E-state index is 0.219. The number of nitrogens with zero attached hydrogens (tertiary/aromatic N) is 1. The molecule has 4 aromatic carbocycles. The number of anilines is 1. The Hall–Kier alpha value is -5.31. The Bertz CT molecular complexity index is 1710. The van der Waals surface area contributed by atoms with E-state index in [0.29, 0.717) is 29.8 Å². The molecule has 0 unspecified atom stereocenters. The smallest absolute Gasteiger partial charge is 0.393 e. The maximum Gasteiger partial charge on any atom is 0.416 e. The molecule has 0 saturated heterocycles. The summed E-state index contributed by atoms with van der Waals surface area (Å²) in [5, 5.41) is 5.50.